The summed E-state index contributed by atoms with van der Waals surface area (Å²) in [7, 11) is 0. The topological polar surface area (TPSA) is 30.2 Å². The van der Waals surface area contributed by atoms with Gasteiger partial charge in [0.05, 0.1) is 0 Å². The van der Waals surface area contributed by atoms with E-state index in [1.807, 2.05) is 12.1 Å². The van der Waals surface area contributed by atoms with E-state index < -0.39 is 0 Å². The first-order valence-corrected chi connectivity index (χ1v) is 9.54. The first-order valence-electron chi connectivity index (χ1n) is 8.75. The number of pyridine rings is 1. The minimum absolute atomic E-state index is 0.778. The van der Waals surface area contributed by atoms with Crippen LogP contribution in [-0.4, -0.2) is 24.5 Å². The molecule has 0 unspecified atom stereocenters. The van der Waals surface area contributed by atoms with Crippen LogP contribution in [0.4, 0.5) is 0 Å². The Kier molecular flexibility index (Phi) is 5.90. The second kappa shape index (κ2) is 8.13. The average Bonchev–Trinajstić information content (AvgIpc) is 2.58. The smallest absolute Gasteiger partial charge is 0.183 e. The van der Waals surface area contributed by atoms with Crippen molar-refractivity contribution < 1.29 is 4.73 Å². The van der Waals surface area contributed by atoms with E-state index in [0.29, 0.717) is 0 Å². The fourth-order valence-electron chi connectivity index (χ4n) is 3.52. The molecule has 1 aromatic heterocycles. The zero-order valence-corrected chi connectivity index (χ0v) is 15.8. The fourth-order valence-corrected chi connectivity index (χ4v) is 3.93. The number of halogens is 1. The zero-order valence-electron chi connectivity index (χ0n) is 14.2. The van der Waals surface area contributed by atoms with E-state index >= 15 is 0 Å². The van der Waals surface area contributed by atoms with E-state index in [4.69, 9.17) is 0 Å². The van der Waals surface area contributed by atoms with Crippen LogP contribution in [0.15, 0.2) is 47.2 Å². The molecule has 1 aromatic carbocycles. The summed E-state index contributed by atoms with van der Waals surface area (Å²) in [6, 6.07) is 10.5. The van der Waals surface area contributed by atoms with Crippen LogP contribution in [0.5, 0.6) is 0 Å². The van der Waals surface area contributed by atoms with Crippen molar-refractivity contribution in [2.24, 2.45) is 5.92 Å². The fraction of sp³-hybridized carbons (Fsp3) is 0.450. The van der Waals surface area contributed by atoms with Gasteiger partial charge in [-0.3, -0.25) is 0 Å². The maximum Gasteiger partial charge on any atom is 0.183 e. The highest BCUT2D eigenvalue weighted by Gasteiger charge is 2.20. The van der Waals surface area contributed by atoms with Crippen LogP contribution >= 0.6 is 15.9 Å². The van der Waals surface area contributed by atoms with E-state index in [2.05, 4.69) is 46.0 Å². The molecule has 2 aromatic rings. The quantitative estimate of drug-likeness (QED) is 0.574. The molecule has 2 heterocycles. The Morgan fingerprint density at radius 2 is 2.04 bits per heavy atom. The van der Waals surface area contributed by atoms with Crippen molar-refractivity contribution in [3.8, 4) is 0 Å². The van der Waals surface area contributed by atoms with Crippen molar-refractivity contribution >= 4 is 15.9 Å². The zero-order chi connectivity index (χ0) is 16.9. The molecule has 1 fully saturated rings. The molecule has 0 N–H and O–H groups in total. The Morgan fingerprint density at radius 1 is 1.25 bits per heavy atom. The minimum atomic E-state index is 0.778. The van der Waals surface area contributed by atoms with Gasteiger partial charge in [-0.2, -0.15) is 4.73 Å². The number of benzene rings is 1. The van der Waals surface area contributed by atoms with Gasteiger partial charge in [0.25, 0.3) is 0 Å². The predicted octanol–water partition coefficient (Wildman–Crippen LogP) is 3.89. The molecule has 1 saturated heterocycles. The van der Waals surface area contributed by atoms with E-state index in [0.717, 1.165) is 42.3 Å². The molecule has 1 aliphatic heterocycles. The molecule has 0 saturated carbocycles. The van der Waals surface area contributed by atoms with E-state index in [9.17, 15) is 5.21 Å². The van der Waals surface area contributed by atoms with Gasteiger partial charge in [0.15, 0.2) is 12.4 Å². The second-order valence-electron chi connectivity index (χ2n) is 6.91. The molecule has 0 bridgehead atoms. The van der Waals surface area contributed by atoms with Gasteiger partial charge in [0.2, 0.25) is 0 Å². The highest BCUT2D eigenvalue weighted by Crippen LogP contribution is 2.26. The number of nitrogens with zero attached hydrogens (tertiary/aromatic N) is 2. The molecule has 0 amide bonds. The number of piperidine rings is 1. The third-order valence-corrected chi connectivity index (χ3v) is 5.74. The van der Waals surface area contributed by atoms with Gasteiger partial charge in [0, 0.05) is 22.6 Å². The molecule has 24 heavy (non-hydrogen) atoms. The highest BCUT2D eigenvalue weighted by molar-refractivity contribution is 9.10. The number of hydrogen-bond acceptors (Lipinski definition) is 2. The summed E-state index contributed by atoms with van der Waals surface area (Å²) in [6.45, 7) is 5.54. The van der Waals surface area contributed by atoms with Crippen LogP contribution in [0.2, 0.25) is 0 Å². The van der Waals surface area contributed by atoms with Crippen LogP contribution in [0.1, 0.15) is 29.5 Å². The second-order valence-corrected chi connectivity index (χ2v) is 7.76. The van der Waals surface area contributed by atoms with Gasteiger partial charge in [-0.05, 0) is 69.3 Å². The maximum absolute atomic E-state index is 11.3. The molecule has 4 heteroatoms. The van der Waals surface area contributed by atoms with Gasteiger partial charge in [-0.1, -0.05) is 33.6 Å². The third-order valence-electron chi connectivity index (χ3n) is 4.97. The lowest BCUT2D eigenvalue weighted by molar-refractivity contribution is -0.605. The van der Waals surface area contributed by atoms with Crippen LogP contribution in [0, 0.1) is 18.0 Å². The van der Waals surface area contributed by atoms with Crippen molar-refractivity contribution in [1.82, 2.24) is 4.90 Å². The van der Waals surface area contributed by atoms with E-state index in [1.54, 1.807) is 12.4 Å². The number of hydrogen-bond donors (Lipinski definition) is 0. The maximum atomic E-state index is 11.3. The Labute approximate surface area is 153 Å². The summed E-state index contributed by atoms with van der Waals surface area (Å²) >= 11 is 3.69. The van der Waals surface area contributed by atoms with Crippen LogP contribution in [0.25, 0.3) is 0 Å². The molecule has 0 atom stereocenters. The molecule has 128 valence electrons. The largest absolute Gasteiger partial charge is 0.619 e. The van der Waals surface area contributed by atoms with Crippen molar-refractivity contribution in [3.05, 3.63) is 69.1 Å². The lowest BCUT2D eigenvalue weighted by Gasteiger charge is -2.32. The number of aromatic nitrogens is 1. The first kappa shape index (κ1) is 17.4. The van der Waals surface area contributed by atoms with Gasteiger partial charge >= 0.3 is 0 Å². The highest BCUT2D eigenvalue weighted by atomic mass is 79.9. The van der Waals surface area contributed by atoms with Crippen LogP contribution in [-0.2, 0) is 12.8 Å². The SMILES string of the molecule is Cc1ccc(Br)c(CC2CCN(CCc3ccc[n+]([O-])c3)CC2)c1. The lowest BCUT2D eigenvalue weighted by Crippen LogP contribution is -2.36. The number of likely N-dealkylation sites (tertiary alicyclic amines) is 1. The van der Waals surface area contributed by atoms with Gasteiger partial charge in [0.1, 0.15) is 0 Å². The molecular weight excluding hydrogens is 364 g/mol. The number of aryl methyl sites for hydroxylation is 1. The Balaban J connectivity index is 1.46. The predicted molar refractivity (Wildman–Crippen MR) is 101 cm³/mol. The molecule has 0 radical (unpaired) electrons. The monoisotopic (exact) mass is 388 g/mol. The average molecular weight is 389 g/mol. The number of rotatable bonds is 5. The minimum Gasteiger partial charge on any atom is -0.619 e. The van der Waals surface area contributed by atoms with Crippen molar-refractivity contribution in [2.75, 3.05) is 19.6 Å². The summed E-state index contributed by atoms with van der Waals surface area (Å²) < 4.78 is 2.13. The molecule has 0 aliphatic carbocycles. The molecule has 3 rings (SSSR count). The van der Waals surface area contributed by atoms with Crippen molar-refractivity contribution in [3.63, 3.8) is 0 Å². The van der Waals surface area contributed by atoms with Gasteiger partial charge < -0.3 is 10.1 Å². The first-order chi connectivity index (χ1) is 11.6. The summed E-state index contributed by atoms with van der Waals surface area (Å²) in [4.78, 5) is 2.53. The molecule has 0 spiro atoms. The summed E-state index contributed by atoms with van der Waals surface area (Å²) in [6.07, 6.45) is 7.87. The van der Waals surface area contributed by atoms with Gasteiger partial charge in [-0.25, -0.2) is 0 Å². The molecule has 3 nitrogen and oxygen atoms in total. The Bertz CT molecular complexity index is 681. The Morgan fingerprint density at radius 3 is 2.79 bits per heavy atom. The lowest BCUT2D eigenvalue weighted by atomic mass is 9.89. The molecular formula is C20H25BrN2O. The van der Waals surface area contributed by atoms with Gasteiger partial charge in [-0.15, -0.1) is 0 Å². The molecule has 1 aliphatic rings. The normalized spacial score (nSPS) is 16.4. The van der Waals surface area contributed by atoms with Crippen molar-refractivity contribution in [2.45, 2.75) is 32.6 Å². The van der Waals surface area contributed by atoms with Crippen molar-refractivity contribution in [1.29, 1.82) is 0 Å². The third kappa shape index (κ3) is 4.81. The van der Waals surface area contributed by atoms with E-state index in [-0.39, 0.29) is 0 Å². The van der Waals surface area contributed by atoms with E-state index in [1.165, 1.54) is 34.9 Å². The van der Waals surface area contributed by atoms with Crippen LogP contribution in [0.3, 0.4) is 0 Å². The summed E-state index contributed by atoms with van der Waals surface area (Å²) in [5.74, 6) is 0.778. The Hall–Kier alpha value is -1.39. The summed E-state index contributed by atoms with van der Waals surface area (Å²) in [5.41, 5.74) is 3.90. The van der Waals surface area contributed by atoms with Crippen LogP contribution < -0.4 is 4.73 Å². The standard InChI is InChI=1S/C20H25BrN2O/c1-16-4-5-20(21)19(13-16)14-17-6-10-22(11-7-17)12-8-18-3-2-9-23(24)15-18/h2-5,9,13,15,17H,6-8,10-12,14H2,1H3. The summed E-state index contributed by atoms with van der Waals surface area (Å²) in [5, 5.41) is 11.3.